The molecule has 0 heterocycles. The van der Waals surface area contributed by atoms with E-state index >= 15 is 0 Å². The van der Waals surface area contributed by atoms with E-state index in [1.165, 1.54) is 5.57 Å². The molecule has 4 aliphatic rings. The fourth-order valence-electron chi connectivity index (χ4n) is 7.37. The summed E-state index contributed by atoms with van der Waals surface area (Å²) < 4.78 is 0. The molecule has 0 aromatic carbocycles. The molecule has 0 amide bonds. The second-order valence-corrected chi connectivity index (χ2v) is 9.23. The van der Waals surface area contributed by atoms with Gasteiger partial charge in [-0.15, -0.1) is 0 Å². The van der Waals surface area contributed by atoms with Gasteiger partial charge in [-0.25, -0.2) is 0 Å². The number of Topliss-reactive ketones (excluding diaryl/α,β-unsaturated/α-hetero) is 1. The molecular weight excluding hydrogens is 316 g/mol. The van der Waals surface area contributed by atoms with Crippen LogP contribution in [0.2, 0.25) is 0 Å². The van der Waals surface area contributed by atoms with E-state index in [4.69, 9.17) is 0 Å². The number of carbonyl (C=O) groups excluding carboxylic acids is 2. The third-order valence-corrected chi connectivity index (χ3v) is 8.52. The Morgan fingerprint density at radius 3 is 2.56 bits per heavy atom. The van der Waals surface area contributed by atoms with Crippen molar-refractivity contribution in [1.29, 1.82) is 0 Å². The van der Waals surface area contributed by atoms with E-state index in [2.05, 4.69) is 6.92 Å². The van der Waals surface area contributed by atoms with Crippen molar-refractivity contribution < 1.29 is 19.8 Å². The summed E-state index contributed by atoms with van der Waals surface area (Å²) in [5, 5.41) is 20.7. The highest BCUT2D eigenvalue weighted by molar-refractivity contribution is 5.91. The van der Waals surface area contributed by atoms with Crippen molar-refractivity contribution in [3.63, 3.8) is 0 Å². The van der Waals surface area contributed by atoms with Gasteiger partial charge in [0.05, 0.1) is 0 Å². The minimum atomic E-state index is -1.41. The average Bonchev–Trinajstić information content (AvgIpc) is 2.96. The van der Waals surface area contributed by atoms with Gasteiger partial charge < -0.3 is 10.2 Å². The second-order valence-electron chi connectivity index (χ2n) is 9.23. The molecule has 0 radical (unpaired) electrons. The van der Waals surface area contributed by atoms with Crippen LogP contribution in [0.5, 0.6) is 0 Å². The first-order valence-corrected chi connectivity index (χ1v) is 9.91. The molecule has 4 nitrogen and oxygen atoms in total. The summed E-state index contributed by atoms with van der Waals surface area (Å²) >= 11 is 0. The molecule has 6 atom stereocenters. The van der Waals surface area contributed by atoms with Crippen LogP contribution < -0.4 is 0 Å². The zero-order valence-corrected chi connectivity index (χ0v) is 15.3. The van der Waals surface area contributed by atoms with Crippen LogP contribution in [-0.4, -0.2) is 28.1 Å². The highest BCUT2D eigenvalue weighted by Gasteiger charge is 2.63. The third-order valence-electron chi connectivity index (χ3n) is 8.52. The standard InChI is InChI=1S/C21H30O4/c1-12(22)16-5-6-18-15-4-3-13-11-14(23)7-9-20(13,2)17(15)8-10-21(16,18)19(24)25/h11,15-19,24-25H,3-10H2,1-2H3/t15-,16+,17-,18-,20-,21+/m0/s1. The highest BCUT2D eigenvalue weighted by atomic mass is 16.5. The maximum atomic E-state index is 12.2. The molecule has 0 saturated heterocycles. The first-order valence-electron chi connectivity index (χ1n) is 9.91. The highest BCUT2D eigenvalue weighted by Crippen LogP contribution is 2.67. The van der Waals surface area contributed by atoms with E-state index in [0.29, 0.717) is 18.3 Å². The summed E-state index contributed by atoms with van der Waals surface area (Å²) in [5.74, 6) is 1.32. The van der Waals surface area contributed by atoms with Crippen molar-refractivity contribution in [1.82, 2.24) is 0 Å². The number of rotatable bonds is 2. The molecule has 25 heavy (non-hydrogen) atoms. The number of hydrogen-bond donors (Lipinski definition) is 2. The summed E-state index contributed by atoms with van der Waals surface area (Å²) in [6.45, 7) is 3.93. The minimum Gasteiger partial charge on any atom is -0.368 e. The minimum absolute atomic E-state index is 0.0811. The molecule has 2 N–H and O–H groups in total. The molecule has 0 unspecified atom stereocenters. The molecule has 4 aliphatic carbocycles. The Morgan fingerprint density at radius 1 is 1.12 bits per heavy atom. The number of allylic oxidation sites excluding steroid dienone is 1. The van der Waals surface area contributed by atoms with Crippen molar-refractivity contribution in [3.8, 4) is 0 Å². The molecule has 0 aliphatic heterocycles. The van der Waals surface area contributed by atoms with Crippen LogP contribution in [0.15, 0.2) is 11.6 Å². The molecule has 0 aromatic rings. The van der Waals surface area contributed by atoms with E-state index in [-0.39, 0.29) is 28.8 Å². The molecule has 4 rings (SSSR count). The molecule has 138 valence electrons. The van der Waals surface area contributed by atoms with Gasteiger partial charge in [-0.05, 0) is 81.1 Å². The Bertz CT molecular complexity index is 636. The topological polar surface area (TPSA) is 74.6 Å². The first-order chi connectivity index (χ1) is 11.8. The van der Waals surface area contributed by atoms with Gasteiger partial charge in [0, 0.05) is 17.8 Å². The lowest BCUT2D eigenvalue weighted by atomic mass is 9.46. The Kier molecular flexibility index (Phi) is 4.01. The van der Waals surface area contributed by atoms with Gasteiger partial charge in [-0.2, -0.15) is 0 Å². The third kappa shape index (κ3) is 2.26. The Morgan fingerprint density at radius 2 is 1.88 bits per heavy atom. The normalized spacial score (nSPS) is 46.3. The SMILES string of the molecule is CC(=O)[C@H]1CC[C@H]2[C@H]3CCC4=CC(=O)CC[C@]4(C)[C@H]3CC[C@@]12C(O)O. The van der Waals surface area contributed by atoms with E-state index in [9.17, 15) is 19.8 Å². The van der Waals surface area contributed by atoms with Crippen LogP contribution in [0.25, 0.3) is 0 Å². The lowest BCUT2D eigenvalue weighted by Crippen LogP contribution is -2.56. The number of aliphatic hydroxyl groups is 2. The molecule has 0 aromatic heterocycles. The van der Waals surface area contributed by atoms with E-state index in [1.807, 2.05) is 6.08 Å². The lowest BCUT2D eigenvalue weighted by molar-refractivity contribution is -0.205. The van der Waals surface area contributed by atoms with Crippen molar-refractivity contribution in [2.45, 2.75) is 71.5 Å². The van der Waals surface area contributed by atoms with Crippen molar-refractivity contribution in [2.24, 2.45) is 34.5 Å². The van der Waals surface area contributed by atoms with Gasteiger partial charge in [0.1, 0.15) is 5.78 Å². The number of ketones is 2. The first kappa shape index (κ1) is 17.4. The molecule has 0 spiro atoms. The Labute approximate surface area is 149 Å². The van der Waals surface area contributed by atoms with E-state index in [0.717, 1.165) is 44.9 Å². The molecule has 3 saturated carbocycles. The fraction of sp³-hybridized carbons (Fsp3) is 0.810. The van der Waals surface area contributed by atoms with Gasteiger partial charge in [0.15, 0.2) is 12.1 Å². The van der Waals surface area contributed by atoms with Crippen LogP contribution in [0.3, 0.4) is 0 Å². The predicted molar refractivity (Wildman–Crippen MR) is 93.4 cm³/mol. The average molecular weight is 346 g/mol. The zero-order valence-electron chi connectivity index (χ0n) is 15.3. The molecular formula is C21H30O4. The van der Waals surface area contributed by atoms with Crippen LogP contribution in [0, 0.1) is 34.5 Å². The second kappa shape index (κ2) is 5.75. The quantitative estimate of drug-likeness (QED) is 0.754. The predicted octanol–water partition coefficient (Wildman–Crippen LogP) is 3.01. The van der Waals surface area contributed by atoms with Gasteiger partial charge >= 0.3 is 0 Å². The van der Waals surface area contributed by atoms with E-state index in [1.54, 1.807) is 6.92 Å². The Hall–Kier alpha value is -1.00. The van der Waals surface area contributed by atoms with Crippen molar-refractivity contribution in [3.05, 3.63) is 11.6 Å². The largest absolute Gasteiger partial charge is 0.368 e. The van der Waals surface area contributed by atoms with Crippen LogP contribution in [-0.2, 0) is 9.59 Å². The Balaban J connectivity index is 1.71. The van der Waals surface area contributed by atoms with Crippen molar-refractivity contribution >= 4 is 11.6 Å². The number of carbonyl (C=O) groups is 2. The van der Waals surface area contributed by atoms with Gasteiger partial charge in [0.25, 0.3) is 0 Å². The monoisotopic (exact) mass is 346 g/mol. The molecule has 3 fully saturated rings. The summed E-state index contributed by atoms with van der Waals surface area (Å²) in [6, 6.07) is 0. The van der Waals surface area contributed by atoms with Crippen LogP contribution in [0.1, 0.15) is 65.2 Å². The van der Waals surface area contributed by atoms with Crippen molar-refractivity contribution in [2.75, 3.05) is 0 Å². The van der Waals surface area contributed by atoms with Crippen LogP contribution >= 0.6 is 0 Å². The number of fused-ring (bicyclic) bond motifs is 5. The summed E-state index contributed by atoms with van der Waals surface area (Å²) in [6.07, 6.45) is 7.39. The van der Waals surface area contributed by atoms with Gasteiger partial charge in [-0.3, -0.25) is 9.59 Å². The summed E-state index contributed by atoms with van der Waals surface area (Å²) in [4.78, 5) is 24.1. The van der Waals surface area contributed by atoms with E-state index < -0.39 is 11.7 Å². The maximum Gasteiger partial charge on any atom is 0.158 e. The fourth-order valence-corrected chi connectivity index (χ4v) is 7.37. The molecule has 4 heteroatoms. The van der Waals surface area contributed by atoms with Gasteiger partial charge in [0.2, 0.25) is 0 Å². The zero-order chi connectivity index (χ0) is 18.0. The van der Waals surface area contributed by atoms with Crippen LogP contribution in [0.4, 0.5) is 0 Å². The van der Waals surface area contributed by atoms with Gasteiger partial charge in [-0.1, -0.05) is 12.5 Å². The maximum absolute atomic E-state index is 12.2. The summed E-state index contributed by atoms with van der Waals surface area (Å²) in [7, 11) is 0. The molecule has 0 bridgehead atoms. The number of aliphatic hydroxyl groups excluding tert-OH is 1. The lowest BCUT2D eigenvalue weighted by Gasteiger charge is -2.59. The number of hydrogen-bond acceptors (Lipinski definition) is 4. The summed E-state index contributed by atoms with van der Waals surface area (Å²) in [5.41, 5.74) is 0.760. The smallest absolute Gasteiger partial charge is 0.158 e.